The summed E-state index contributed by atoms with van der Waals surface area (Å²) in [4.78, 5) is -0.152. The van der Waals surface area contributed by atoms with Crippen LogP contribution in [-0.4, -0.2) is 37.0 Å². The van der Waals surface area contributed by atoms with E-state index in [9.17, 15) is 13.5 Å². The lowest BCUT2D eigenvalue weighted by Crippen LogP contribution is -2.37. The lowest BCUT2D eigenvalue weighted by Gasteiger charge is -2.23. The zero-order valence-corrected chi connectivity index (χ0v) is 12.9. The van der Waals surface area contributed by atoms with E-state index in [1.807, 2.05) is 0 Å². The molecule has 19 heavy (non-hydrogen) atoms. The van der Waals surface area contributed by atoms with Gasteiger partial charge in [-0.15, -0.1) is 0 Å². The normalized spacial score (nSPS) is 20.9. The van der Waals surface area contributed by atoms with Gasteiger partial charge in [-0.25, -0.2) is 8.42 Å². The Hall–Kier alpha value is -0.0400. The van der Waals surface area contributed by atoms with Gasteiger partial charge in [-0.2, -0.15) is 4.31 Å². The monoisotopic (exact) mass is 343 g/mol. The fraction of sp³-hybridized carbons (Fsp3) is 0.455. The van der Waals surface area contributed by atoms with E-state index in [1.165, 1.54) is 16.4 Å². The highest BCUT2D eigenvalue weighted by Crippen LogP contribution is 2.36. The molecule has 0 aromatic heterocycles. The maximum absolute atomic E-state index is 12.6. The predicted molar refractivity (Wildman–Crippen MR) is 75.5 cm³/mol. The molecule has 1 N–H and O–H groups in total. The van der Waals surface area contributed by atoms with Crippen molar-refractivity contribution in [3.8, 4) is 0 Å². The first kappa shape index (κ1) is 15.4. The minimum atomic E-state index is -3.83. The average Bonchev–Trinajstić information content (AvgIpc) is 2.75. The van der Waals surface area contributed by atoms with Gasteiger partial charge in [0.2, 0.25) is 10.0 Å². The molecule has 2 rings (SSSR count). The van der Waals surface area contributed by atoms with Crippen LogP contribution in [0.5, 0.6) is 0 Å². The molecule has 1 aliphatic heterocycles. The zero-order chi connectivity index (χ0) is 14.2. The van der Waals surface area contributed by atoms with Crippen LogP contribution in [0.3, 0.4) is 0 Å². The third-order valence-electron chi connectivity index (χ3n) is 3.06. The topological polar surface area (TPSA) is 57.6 Å². The van der Waals surface area contributed by atoms with Crippen molar-refractivity contribution < 1.29 is 13.5 Å². The summed E-state index contributed by atoms with van der Waals surface area (Å²) in [6.45, 7) is 0.130. The fourth-order valence-corrected chi connectivity index (χ4v) is 5.38. The molecule has 1 heterocycles. The van der Waals surface area contributed by atoms with Gasteiger partial charge in [-0.05, 0) is 25.0 Å². The molecule has 0 spiro atoms. The molecule has 0 radical (unpaired) electrons. The molecule has 4 nitrogen and oxygen atoms in total. The standard InChI is InChI=1S/C11H12Cl3NO3S/c12-7-4-9(13)11(10(14)5-7)19(17,18)15-3-1-2-8(15)6-16/h4-5,8,16H,1-3,6H2/t8-/m1/s1. The Balaban J connectivity index is 2.51. The number of aliphatic hydroxyl groups excluding tert-OH is 1. The summed E-state index contributed by atoms with van der Waals surface area (Å²) in [6.07, 6.45) is 1.33. The van der Waals surface area contributed by atoms with E-state index in [2.05, 4.69) is 0 Å². The van der Waals surface area contributed by atoms with Crippen molar-refractivity contribution in [2.75, 3.05) is 13.2 Å². The van der Waals surface area contributed by atoms with Crippen molar-refractivity contribution in [2.24, 2.45) is 0 Å². The first-order chi connectivity index (χ1) is 8.87. The van der Waals surface area contributed by atoms with Gasteiger partial charge in [0.1, 0.15) is 4.90 Å². The van der Waals surface area contributed by atoms with Crippen molar-refractivity contribution in [2.45, 2.75) is 23.8 Å². The van der Waals surface area contributed by atoms with E-state index in [0.717, 1.165) is 0 Å². The van der Waals surface area contributed by atoms with Gasteiger partial charge in [-0.1, -0.05) is 34.8 Å². The molecule has 1 aliphatic rings. The maximum atomic E-state index is 12.6. The zero-order valence-electron chi connectivity index (χ0n) is 9.81. The lowest BCUT2D eigenvalue weighted by atomic mass is 10.2. The van der Waals surface area contributed by atoms with Gasteiger partial charge < -0.3 is 5.11 Å². The molecule has 1 fully saturated rings. The van der Waals surface area contributed by atoms with Crippen LogP contribution in [0.4, 0.5) is 0 Å². The molecule has 1 saturated heterocycles. The van der Waals surface area contributed by atoms with Crippen molar-refractivity contribution in [3.63, 3.8) is 0 Å². The summed E-state index contributed by atoms with van der Waals surface area (Å²) in [6, 6.07) is 2.26. The van der Waals surface area contributed by atoms with Crippen molar-refractivity contribution in [1.82, 2.24) is 4.31 Å². The Morgan fingerprint density at radius 3 is 2.37 bits per heavy atom. The van der Waals surface area contributed by atoms with Crippen LogP contribution < -0.4 is 0 Å². The minimum Gasteiger partial charge on any atom is -0.395 e. The molecule has 1 aromatic rings. The second kappa shape index (κ2) is 5.76. The predicted octanol–water partition coefficient (Wildman–Crippen LogP) is 2.79. The smallest absolute Gasteiger partial charge is 0.246 e. The first-order valence-corrected chi connectivity index (χ1v) is 8.22. The largest absolute Gasteiger partial charge is 0.395 e. The maximum Gasteiger partial charge on any atom is 0.246 e. The summed E-state index contributed by atoms with van der Waals surface area (Å²) in [5.41, 5.74) is 0. The van der Waals surface area contributed by atoms with Crippen LogP contribution in [0.2, 0.25) is 15.1 Å². The van der Waals surface area contributed by atoms with E-state index < -0.39 is 16.1 Å². The third kappa shape index (κ3) is 2.86. The molecule has 8 heteroatoms. The molecule has 0 bridgehead atoms. The van der Waals surface area contributed by atoms with E-state index in [4.69, 9.17) is 34.8 Å². The number of hydrogen-bond donors (Lipinski definition) is 1. The van der Waals surface area contributed by atoms with Gasteiger partial charge >= 0.3 is 0 Å². The highest BCUT2D eigenvalue weighted by molar-refractivity contribution is 7.89. The number of nitrogens with zero attached hydrogens (tertiary/aromatic N) is 1. The Morgan fingerprint density at radius 1 is 1.26 bits per heavy atom. The molecular weight excluding hydrogens is 333 g/mol. The van der Waals surface area contributed by atoms with Crippen LogP contribution >= 0.6 is 34.8 Å². The Labute approximate surface area is 126 Å². The molecule has 0 unspecified atom stereocenters. The molecule has 0 amide bonds. The summed E-state index contributed by atoms with van der Waals surface area (Å²) < 4.78 is 26.4. The molecule has 0 aliphatic carbocycles. The number of hydrogen-bond acceptors (Lipinski definition) is 3. The number of halogens is 3. The molecular formula is C11H12Cl3NO3S. The number of benzene rings is 1. The van der Waals surface area contributed by atoms with Crippen LogP contribution in [0.15, 0.2) is 17.0 Å². The highest BCUT2D eigenvalue weighted by Gasteiger charge is 2.37. The summed E-state index contributed by atoms with van der Waals surface area (Å²) in [5.74, 6) is 0. The van der Waals surface area contributed by atoms with Gasteiger partial charge in [0.25, 0.3) is 0 Å². The van der Waals surface area contributed by atoms with E-state index in [0.29, 0.717) is 19.4 Å². The quantitative estimate of drug-likeness (QED) is 0.917. The average molecular weight is 345 g/mol. The number of sulfonamides is 1. The minimum absolute atomic E-state index is 0.0129. The van der Waals surface area contributed by atoms with Gasteiger partial charge in [0, 0.05) is 17.6 Å². The van der Waals surface area contributed by atoms with E-state index in [-0.39, 0.29) is 26.6 Å². The fourth-order valence-electron chi connectivity index (χ4n) is 2.20. The molecule has 1 aromatic carbocycles. The van der Waals surface area contributed by atoms with E-state index in [1.54, 1.807) is 0 Å². The summed E-state index contributed by atoms with van der Waals surface area (Å²) in [5, 5.41) is 9.48. The van der Waals surface area contributed by atoms with Gasteiger partial charge in [0.05, 0.1) is 16.7 Å². The van der Waals surface area contributed by atoms with Crippen molar-refractivity contribution in [1.29, 1.82) is 0 Å². The van der Waals surface area contributed by atoms with Crippen molar-refractivity contribution >= 4 is 44.8 Å². The summed E-state index contributed by atoms with van der Waals surface area (Å²) >= 11 is 17.7. The Morgan fingerprint density at radius 2 is 1.84 bits per heavy atom. The Bertz CT molecular complexity index is 568. The van der Waals surface area contributed by atoms with Crippen LogP contribution in [0.1, 0.15) is 12.8 Å². The van der Waals surface area contributed by atoms with Crippen molar-refractivity contribution in [3.05, 3.63) is 27.2 Å². The van der Waals surface area contributed by atoms with Crippen LogP contribution in [-0.2, 0) is 10.0 Å². The molecule has 1 atom stereocenters. The highest BCUT2D eigenvalue weighted by atomic mass is 35.5. The van der Waals surface area contributed by atoms with Gasteiger partial charge in [0.15, 0.2) is 0 Å². The SMILES string of the molecule is O=S(=O)(c1c(Cl)cc(Cl)cc1Cl)N1CCC[C@@H]1CO. The van der Waals surface area contributed by atoms with E-state index >= 15 is 0 Å². The summed E-state index contributed by atoms with van der Waals surface area (Å²) in [7, 11) is -3.83. The number of aliphatic hydroxyl groups is 1. The second-order valence-electron chi connectivity index (χ2n) is 4.29. The second-order valence-corrected chi connectivity index (χ2v) is 7.37. The lowest BCUT2D eigenvalue weighted by molar-refractivity contribution is 0.213. The molecule has 0 saturated carbocycles. The first-order valence-electron chi connectivity index (χ1n) is 5.65. The third-order valence-corrected chi connectivity index (χ3v) is 6.16. The van der Waals surface area contributed by atoms with Crippen LogP contribution in [0, 0.1) is 0 Å². The number of rotatable bonds is 3. The molecule has 106 valence electrons. The Kier molecular flexibility index (Phi) is 4.65. The van der Waals surface area contributed by atoms with Gasteiger partial charge in [-0.3, -0.25) is 0 Å². The van der Waals surface area contributed by atoms with Crippen LogP contribution in [0.25, 0.3) is 0 Å².